The van der Waals surface area contributed by atoms with Gasteiger partial charge in [0.25, 0.3) is 5.91 Å². The number of carbonyl (C=O) groups excluding carboxylic acids is 2. The predicted octanol–water partition coefficient (Wildman–Crippen LogP) is 5.42. The lowest BCUT2D eigenvalue weighted by Crippen LogP contribution is -2.15. The molecule has 29 heavy (non-hydrogen) atoms. The van der Waals surface area contributed by atoms with Crippen LogP contribution in [0.15, 0.2) is 42.5 Å². The van der Waals surface area contributed by atoms with Crippen molar-refractivity contribution in [3.63, 3.8) is 0 Å². The van der Waals surface area contributed by atoms with Gasteiger partial charge >= 0.3 is 0 Å². The molecule has 3 aromatic rings. The third-order valence-corrected chi connectivity index (χ3v) is 5.20. The average Bonchev–Trinajstić information content (AvgIpc) is 3.04. The number of hydrogen-bond donors (Lipinski definition) is 2. The van der Waals surface area contributed by atoms with E-state index in [1.807, 2.05) is 19.1 Å². The van der Waals surface area contributed by atoms with Gasteiger partial charge in [-0.3, -0.25) is 14.9 Å². The first-order chi connectivity index (χ1) is 13.9. The van der Waals surface area contributed by atoms with Gasteiger partial charge in [0.2, 0.25) is 5.91 Å². The summed E-state index contributed by atoms with van der Waals surface area (Å²) in [6.07, 6.45) is 2.12. The first-order valence-corrected chi connectivity index (χ1v) is 10.1. The number of carbonyl (C=O) groups is 2. The van der Waals surface area contributed by atoms with Crippen molar-refractivity contribution in [3.8, 4) is 11.3 Å². The van der Waals surface area contributed by atoms with Crippen molar-refractivity contribution in [2.75, 3.05) is 10.6 Å². The van der Waals surface area contributed by atoms with E-state index in [-0.39, 0.29) is 11.5 Å². The average molecular weight is 412 g/mol. The molecule has 2 amide bonds. The topological polar surface area (TPSA) is 71.1 Å². The van der Waals surface area contributed by atoms with Crippen LogP contribution in [0.25, 0.3) is 11.3 Å². The smallest absolute Gasteiger partial charge is 0.260 e. The predicted molar refractivity (Wildman–Crippen MR) is 115 cm³/mol. The van der Waals surface area contributed by atoms with Crippen molar-refractivity contribution in [3.05, 3.63) is 64.3 Å². The van der Waals surface area contributed by atoms with E-state index in [0.717, 1.165) is 35.0 Å². The second kappa shape index (κ2) is 8.96. The molecule has 0 aliphatic rings. The fourth-order valence-corrected chi connectivity index (χ4v) is 3.81. The van der Waals surface area contributed by atoms with Crippen LogP contribution >= 0.6 is 11.3 Å². The molecule has 0 saturated heterocycles. The van der Waals surface area contributed by atoms with E-state index in [0.29, 0.717) is 10.8 Å². The molecule has 0 fully saturated rings. The second-order valence-electron chi connectivity index (χ2n) is 6.70. The molecule has 1 aromatic heterocycles. The minimum atomic E-state index is -0.670. The molecular formula is C22H22FN3O2S. The maximum atomic E-state index is 14.1. The zero-order valence-corrected chi connectivity index (χ0v) is 17.3. The molecule has 2 aromatic carbocycles. The molecule has 0 aliphatic carbocycles. The normalized spacial score (nSPS) is 10.6. The van der Waals surface area contributed by atoms with Crippen LogP contribution in [0, 0.1) is 12.7 Å². The van der Waals surface area contributed by atoms with Crippen molar-refractivity contribution in [1.82, 2.24) is 4.98 Å². The van der Waals surface area contributed by atoms with E-state index in [9.17, 15) is 14.0 Å². The van der Waals surface area contributed by atoms with E-state index < -0.39 is 11.7 Å². The summed E-state index contributed by atoms with van der Waals surface area (Å²) in [5.41, 5.74) is 3.23. The Balaban J connectivity index is 1.80. The molecular weight excluding hydrogens is 389 g/mol. The molecule has 0 aliphatic heterocycles. The van der Waals surface area contributed by atoms with Gasteiger partial charge in [-0.25, -0.2) is 9.37 Å². The lowest BCUT2D eigenvalue weighted by molar-refractivity contribution is -0.114. The summed E-state index contributed by atoms with van der Waals surface area (Å²) >= 11 is 1.33. The molecule has 150 valence electrons. The molecule has 3 rings (SSSR count). The van der Waals surface area contributed by atoms with E-state index >= 15 is 0 Å². The van der Waals surface area contributed by atoms with Crippen LogP contribution < -0.4 is 10.6 Å². The van der Waals surface area contributed by atoms with Crippen molar-refractivity contribution in [2.45, 2.75) is 33.6 Å². The summed E-state index contributed by atoms with van der Waals surface area (Å²) < 4.78 is 14.1. The summed E-state index contributed by atoms with van der Waals surface area (Å²) in [7, 11) is 0. The number of halogens is 1. The highest BCUT2D eigenvalue weighted by Crippen LogP contribution is 2.31. The van der Waals surface area contributed by atoms with Crippen LogP contribution in [0.4, 0.5) is 15.2 Å². The SMILES string of the molecule is CCCc1ccc(-c2nc(NC(=O)c3cc(NC(C)=O)ccc3F)sc2C)cc1. The highest BCUT2D eigenvalue weighted by Gasteiger charge is 2.17. The van der Waals surface area contributed by atoms with Crippen molar-refractivity contribution < 1.29 is 14.0 Å². The summed E-state index contributed by atoms with van der Waals surface area (Å²) in [4.78, 5) is 29.2. The summed E-state index contributed by atoms with van der Waals surface area (Å²) in [6.45, 7) is 5.42. The van der Waals surface area contributed by atoms with E-state index in [1.54, 1.807) is 0 Å². The number of nitrogens with zero attached hydrogens (tertiary/aromatic N) is 1. The van der Waals surface area contributed by atoms with Crippen LogP contribution in [-0.2, 0) is 11.2 Å². The Labute approximate surface area is 173 Å². The molecule has 0 atom stereocenters. The highest BCUT2D eigenvalue weighted by molar-refractivity contribution is 7.16. The van der Waals surface area contributed by atoms with Crippen LogP contribution in [-0.4, -0.2) is 16.8 Å². The lowest BCUT2D eigenvalue weighted by Gasteiger charge is -2.07. The van der Waals surface area contributed by atoms with Crippen LogP contribution in [0.1, 0.15) is 41.1 Å². The molecule has 0 unspecified atom stereocenters. The number of hydrogen-bond acceptors (Lipinski definition) is 4. The van der Waals surface area contributed by atoms with Gasteiger partial charge in [0, 0.05) is 23.1 Å². The Morgan fingerprint density at radius 3 is 2.48 bits per heavy atom. The van der Waals surface area contributed by atoms with Crippen LogP contribution in [0.3, 0.4) is 0 Å². The van der Waals surface area contributed by atoms with E-state index in [2.05, 4.69) is 34.7 Å². The summed E-state index contributed by atoms with van der Waals surface area (Å²) in [6, 6.07) is 12.1. The van der Waals surface area contributed by atoms with Crippen LogP contribution in [0.5, 0.6) is 0 Å². The molecule has 1 heterocycles. The van der Waals surface area contributed by atoms with E-state index in [1.165, 1.54) is 36.0 Å². The number of nitrogens with one attached hydrogen (secondary N) is 2. The molecule has 2 N–H and O–H groups in total. The number of thiazole rings is 1. The minimum absolute atomic E-state index is 0.158. The first-order valence-electron chi connectivity index (χ1n) is 9.32. The van der Waals surface area contributed by atoms with Crippen LogP contribution in [0.2, 0.25) is 0 Å². The Bertz CT molecular complexity index is 1040. The Kier molecular flexibility index (Phi) is 6.39. The number of amides is 2. The summed E-state index contributed by atoms with van der Waals surface area (Å²) in [5, 5.41) is 5.59. The van der Waals surface area contributed by atoms with Gasteiger partial charge in [-0.2, -0.15) is 0 Å². The number of rotatable bonds is 6. The number of aryl methyl sites for hydroxylation is 2. The van der Waals surface area contributed by atoms with Gasteiger partial charge in [-0.15, -0.1) is 11.3 Å². The van der Waals surface area contributed by atoms with Gasteiger partial charge in [0.05, 0.1) is 11.3 Å². The molecule has 0 bridgehead atoms. The molecule has 5 nitrogen and oxygen atoms in total. The van der Waals surface area contributed by atoms with E-state index in [4.69, 9.17) is 0 Å². The van der Waals surface area contributed by atoms with Crippen molar-refractivity contribution in [1.29, 1.82) is 0 Å². The van der Waals surface area contributed by atoms with Gasteiger partial charge in [0.1, 0.15) is 5.82 Å². The van der Waals surface area contributed by atoms with Gasteiger partial charge in [-0.05, 0) is 37.1 Å². The highest BCUT2D eigenvalue weighted by atomic mass is 32.1. The zero-order valence-electron chi connectivity index (χ0n) is 16.5. The number of aromatic nitrogens is 1. The Morgan fingerprint density at radius 2 is 1.83 bits per heavy atom. The molecule has 0 saturated carbocycles. The third-order valence-electron chi connectivity index (χ3n) is 4.31. The standard InChI is InChI=1S/C22H22FN3O2S/c1-4-5-15-6-8-16(9-7-15)20-13(2)29-22(25-20)26-21(28)18-12-17(24-14(3)27)10-11-19(18)23/h6-12H,4-5H2,1-3H3,(H,24,27)(H,25,26,28). The number of anilines is 2. The lowest BCUT2D eigenvalue weighted by atomic mass is 10.1. The first kappa shape index (κ1) is 20.7. The minimum Gasteiger partial charge on any atom is -0.326 e. The fourth-order valence-electron chi connectivity index (χ4n) is 2.98. The van der Waals surface area contributed by atoms with Crippen molar-refractivity contribution >= 4 is 34.0 Å². The Hall–Kier alpha value is -3.06. The Morgan fingerprint density at radius 1 is 1.10 bits per heavy atom. The second-order valence-corrected chi connectivity index (χ2v) is 7.90. The largest absolute Gasteiger partial charge is 0.326 e. The fraction of sp³-hybridized carbons (Fsp3) is 0.227. The van der Waals surface area contributed by atoms with Gasteiger partial charge in [-0.1, -0.05) is 37.6 Å². The van der Waals surface area contributed by atoms with Gasteiger partial charge < -0.3 is 5.32 Å². The molecule has 0 spiro atoms. The monoisotopic (exact) mass is 411 g/mol. The number of benzene rings is 2. The zero-order chi connectivity index (χ0) is 21.0. The van der Waals surface area contributed by atoms with Crippen molar-refractivity contribution in [2.24, 2.45) is 0 Å². The maximum absolute atomic E-state index is 14.1. The molecule has 0 radical (unpaired) electrons. The maximum Gasteiger partial charge on any atom is 0.260 e. The summed E-state index contributed by atoms with van der Waals surface area (Å²) in [5.74, 6) is -1.59. The van der Waals surface area contributed by atoms with Gasteiger partial charge in [0.15, 0.2) is 5.13 Å². The third kappa shape index (κ3) is 5.06. The molecule has 7 heteroatoms. The quantitative estimate of drug-likeness (QED) is 0.569.